The number of carbonyl (C=O) groups is 1. The molecule has 0 fully saturated rings. The molecule has 0 aliphatic rings. The summed E-state index contributed by atoms with van der Waals surface area (Å²) in [6.45, 7) is 4.53. The van der Waals surface area contributed by atoms with Gasteiger partial charge >= 0.3 is 0 Å². The number of methoxy groups -OCH3 is 2. The molecule has 2 aromatic carbocycles. The summed E-state index contributed by atoms with van der Waals surface area (Å²) in [6, 6.07) is 14.6. The van der Waals surface area contributed by atoms with Crippen LogP contribution in [0.3, 0.4) is 0 Å². The lowest BCUT2D eigenvalue weighted by atomic mass is 10.1. The topological polar surface area (TPSA) is 89.8 Å². The van der Waals surface area contributed by atoms with Crippen LogP contribution in [0.15, 0.2) is 53.5 Å². The van der Waals surface area contributed by atoms with Crippen LogP contribution in [0.2, 0.25) is 0 Å². The van der Waals surface area contributed by atoms with Crippen LogP contribution in [0.25, 0.3) is 0 Å². The molecule has 1 heterocycles. The number of para-hydroxylation sites is 1. The number of aliphatic imine (C=N–C) groups is 1. The number of rotatable bonds is 7. The van der Waals surface area contributed by atoms with E-state index in [4.69, 9.17) is 9.47 Å². The minimum atomic E-state index is -0.304. The third-order valence-corrected chi connectivity index (χ3v) is 5.20. The van der Waals surface area contributed by atoms with Crippen molar-refractivity contribution in [2.75, 3.05) is 26.1 Å². The maximum Gasteiger partial charge on any atom is 0.258 e. The molecular weight excluding hydrogens is 406 g/mol. The quantitative estimate of drug-likeness (QED) is 0.438. The zero-order valence-corrected chi connectivity index (χ0v) is 19.1. The normalized spacial score (nSPS) is 11.2. The van der Waals surface area contributed by atoms with Gasteiger partial charge in [0, 0.05) is 30.5 Å². The SMILES string of the molecule is COc1ccc(C(=O)NC(=NCCc2c(C)nn(C)c2C)Nc2ccccc2)cc1OC. The van der Waals surface area contributed by atoms with Gasteiger partial charge in [0.1, 0.15) is 0 Å². The smallest absolute Gasteiger partial charge is 0.258 e. The van der Waals surface area contributed by atoms with Crippen molar-refractivity contribution in [1.82, 2.24) is 15.1 Å². The molecule has 168 valence electrons. The van der Waals surface area contributed by atoms with Gasteiger partial charge in [0.2, 0.25) is 5.96 Å². The number of amides is 1. The third-order valence-electron chi connectivity index (χ3n) is 5.20. The highest BCUT2D eigenvalue weighted by molar-refractivity contribution is 6.10. The van der Waals surface area contributed by atoms with Crippen molar-refractivity contribution in [1.29, 1.82) is 0 Å². The van der Waals surface area contributed by atoms with E-state index < -0.39 is 0 Å². The fourth-order valence-electron chi connectivity index (χ4n) is 3.38. The summed E-state index contributed by atoms with van der Waals surface area (Å²) in [5, 5.41) is 10.5. The summed E-state index contributed by atoms with van der Waals surface area (Å²) >= 11 is 0. The second kappa shape index (κ2) is 10.5. The Morgan fingerprint density at radius 1 is 1.06 bits per heavy atom. The van der Waals surface area contributed by atoms with E-state index in [0.717, 1.165) is 23.5 Å². The van der Waals surface area contributed by atoms with Gasteiger partial charge in [-0.3, -0.25) is 19.8 Å². The average Bonchev–Trinajstić information content (AvgIpc) is 3.04. The highest BCUT2D eigenvalue weighted by Gasteiger charge is 2.14. The summed E-state index contributed by atoms with van der Waals surface area (Å²) in [5.74, 6) is 1.11. The van der Waals surface area contributed by atoms with Gasteiger partial charge in [0.15, 0.2) is 11.5 Å². The minimum absolute atomic E-state index is 0.304. The van der Waals surface area contributed by atoms with Crippen molar-refractivity contribution in [2.45, 2.75) is 20.3 Å². The summed E-state index contributed by atoms with van der Waals surface area (Å²) in [7, 11) is 5.02. The molecule has 32 heavy (non-hydrogen) atoms. The number of hydrogen-bond acceptors (Lipinski definition) is 5. The summed E-state index contributed by atoms with van der Waals surface area (Å²) < 4.78 is 12.4. The second-order valence-electron chi connectivity index (χ2n) is 7.27. The number of ether oxygens (including phenoxy) is 2. The summed E-state index contributed by atoms with van der Waals surface area (Å²) in [6.07, 6.45) is 0.720. The Kier molecular flexibility index (Phi) is 7.49. The average molecular weight is 436 g/mol. The first kappa shape index (κ1) is 22.9. The molecule has 0 bridgehead atoms. The van der Waals surface area contributed by atoms with Gasteiger partial charge in [0.25, 0.3) is 5.91 Å². The van der Waals surface area contributed by atoms with Gasteiger partial charge in [-0.25, -0.2) is 0 Å². The van der Waals surface area contributed by atoms with Crippen LogP contribution >= 0.6 is 0 Å². The van der Waals surface area contributed by atoms with Crippen LogP contribution < -0.4 is 20.1 Å². The molecule has 8 heteroatoms. The predicted molar refractivity (Wildman–Crippen MR) is 126 cm³/mol. The van der Waals surface area contributed by atoms with Gasteiger partial charge in [-0.2, -0.15) is 5.10 Å². The zero-order chi connectivity index (χ0) is 23.1. The van der Waals surface area contributed by atoms with Crippen LogP contribution in [-0.4, -0.2) is 42.4 Å². The molecule has 0 radical (unpaired) electrons. The van der Waals surface area contributed by atoms with E-state index in [1.807, 2.05) is 55.9 Å². The van der Waals surface area contributed by atoms with E-state index >= 15 is 0 Å². The summed E-state index contributed by atoms with van der Waals surface area (Å²) in [4.78, 5) is 17.5. The van der Waals surface area contributed by atoms with Gasteiger partial charge < -0.3 is 14.8 Å². The van der Waals surface area contributed by atoms with E-state index in [0.29, 0.717) is 29.6 Å². The van der Waals surface area contributed by atoms with Crippen molar-refractivity contribution in [3.05, 3.63) is 71.0 Å². The van der Waals surface area contributed by atoms with Crippen LogP contribution in [0, 0.1) is 13.8 Å². The van der Waals surface area contributed by atoms with Crippen LogP contribution in [-0.2, 0) is 13.5 Å². The molecule has 2 N–H and O–H groups in total. The Morgan fingerprint density at radius 3 is 2.41 bits per heavy atom. The molecule has 0 atom stereocenters. The van der Waals surface area contributed by atoms with Crippen molar-refractivity contribution >= 4 is 17.6 Å². The van der Waals surface area contributed by atoms with Gasteiger partial charge in [-0.05, 0) is 56.2 Å². The molecule has 8 nitrogen and oxygen atoms in total. The molecule has 0 saturated carbocycles. The van der Waals surface area contributed by atoms with E-state index in [-0.39, 0.29) is 5.91 Å². The monoisotopic (exact) mass is 435 g/mol. The van der Waals surface area contributed by atoms with Gasteiger partial charge in [0.05, 0.1) is 19.9 Å². The van der Waals surface area contributed by atoms with Crippen molar-refractivity contribution in [2.24, 2.45) is 12.0 Å². The first-order valence-corrected chi connectivity index (χ1v) is 10.3. The van der Waals surface area contributed by atoms with Crippen LogP contribution in [0.5, 0.6) is 11.5 Å². The Bertz CT molecular complexity index is 1110. The molecule has 3 aromatic rings. The number of guanidine groups is 1. The van der Waals surface area contributed by atoms with E-state index in [1.54, 1.807) is 25.3 Å². The van der Waals surface area contributed by atoms with Crippen LogP contribution in [0.1, 0.15) is 27.3 Å². The largest absolute Gasteiger partial charge is 0.493 e. The standard InChI is InChI=1S/C24H29N5O3/c1-16-20(17(2)29(3)28-16)13-14-25-24(26-19-9-7-6-8-10-19)27-23(30)18-11-12-21(31-4)22(15-18)32-5/h6-12,15H,13-14H2,1-5H3,(H2,25,26,27,30). The lowest BCUT2D eigenvalue weighted by molar-refractivity contribution is 0.0976. The van der Waals surface area contributed by atoms with Gasteiger partial charge in [-0.15, -0.1) is 0 Å². The number of aromatic nitrogens is 2. The first-order valence-electron chi connectivity index (χ1n) is 10.3. The lowest BCUT2D eigenvalue weighted by Gasteiger charge is -2.13. The molecule has 1 amide bonds. The molecule has 1 aromatic heterocycles. The Balaban J connectivity index is 1.79. The molecule has 0 saturated heterocycles. The first-order chi connectivity index (χ1) is 15.4. The molecule has 0 aliphatic carbocycles. The number of carbonyl (C=O) groups excluding carboxylic acids is 1. The molecule has 0 unspecified atom stereocenters. The lowest BCUT2D eigenvalue weighted by Crippen LogP contribution is -2.36. The molecule has 0 spiro atoms. The fourth-order valence-corrected chi connectivity index (χ4v) is 3.38. The Labute approximate surface area is 188 Å². The van der Waals surface area contributed by atoms with E-state index in [9.17, 15) is 4.79 Å². The summed E-state index contributed by atoms with van der Waals surface area (Å²) in [5.41, 5.74) is 4.54. The second-order valence-corrected chi connectivity index (χ2v) is 7.27. The van der Waals surface area contributed by atoms with Gasteiger partial charge in [-0.1, -0.05) is 18.2 Å². The number of nitrogens with zero attached hydrogens (tertiary/aromatic N) is 3. The molecule has 3 rings (SSSR count). The molecular formula is C24H29N5O3. The maximum absolute atomic E-state index is 12.9. The Morgan fingerprint density at radius 2 is 1.78 bits per heavy atom. The molecule has 0 aliphatic heterocycles. The minimum Gasteiger partial charge on any atom is -0.493 e. The number of hydrogen-bond donors (Lipinski definition) is 2. The Hall–Kier alpha value is -3.81. The highest BCUT2D eigenvalue weighted by atomic mass is 16.5. The number of aryl methyl sites for hydroxylation is 2. The van der Waals surface area contributed by atoms with Crippen LogP contribution in [0.4, 0.5) is 5.69 Å². The maximum atomic E-state index is 12.9. The van der Waals surface area contributed by atoms with Crippen molar-refractivity contribution < 1.29 is 14.3 Å². The van der Waals surface area contributed by atoms with E-state index in [2.05, 4.69) is 20.7 Å². The fraction of sp³-hybridized carbons (Fsp3) is 0.292. The van der Waals surface area contributed by atoms with E-state index in [1.165, 1.54) is 12.7 Å². The van der Waals surface area contributed by atoms with Crippen molar-refractivity contribution in [3.63, 3.8) is 0 Å². The highest BCUT2D eigenvalue weighted by Crippen LogP contribution is 2.27. The predicted octanol–water partition coefficient (Wildman–Crippen LogP) is 3.49. The zero-order valence-electron chi connectivity index (χ0n) is 19.1. The number of benzene rings is 2. The third kappa shape index (κ3) is 5.46. The number of nitrogens with one attached hydrogen (secondary N) is 2. The van der Waals surface area contributed by atoms with Crippen molar-refractivity contribution in [3.8, 4) is 11.5 Å². The number of anilines is 1.